The number of sulfonamides is 1. The van der Waals surface area contributed by atoms with Crippen molar-refractivity contribution in [2.24, 2.45) is 0 Å². The number of carbonyl (C=O) groups excluding carboxylic acids is 2. The van der Waals surface area contributed by atoms with Crippen LogP contribution in [0.25, 0.3) is 5.57 Å². The van der Waals surface area contributed by atoms with Crippen molar-refractivity contribution in [2.75, 3.05) is 12.9 Å². The second-order valence-electron chi connectivity index (χ2n) is 10.3. The highest BCUT2D eigenvalue weighted by Gasteiger charge is 2.42. The van der Waals surface area contributed by atoms with Crippen LogP contribution in [0.4, 0.5) is 17.6 Å². The Bertz CT molecular complexity index is 1430. The Labute approximate surface area is 229 Å². The molecule has 1 unspecified atom stereocenters. The van der Waals surface area contributed by atoms with Gasteiger partial charge in [-0.15, -0.1) is 0 Å². The molecule has 1 aliphatic heterocycles. The molecule has 14 heteroatoms. The summed E-state index contributed by atoms with van der Waals surface area (Å²) >= 11 is 0. The van der Waals surface area contributed by atoms with Crippen LogP contribution >= 0.6 is 0 Å². The standard InChI is InChI=1S/C26H30F4N4O5S/c1-25(19-9-8-17(14-20(19)27)39-13-5-3-4-11-26(28,29)30)15-18(21-10-12-34(32-21)16-6-7-16)22(23(35)31-25)24(36)33-40(2,37)38/h8-10,12,14,16H,3-7,11,13,15H2,1-2H3,(H,31,35)(H,33,36). The van der Waals surface area contributed by atoms with Crippen LogP contribution in [0.3, 0.4) is 0 Å². The van der Waals surface area contributed by atoms with Gasteiger partial charge in [-0.3, -0.25) is 14.3 Å². The highest BCUT2D eigenvalue weighted by Crippen LogP contribution is 2.41. The number of hydrogen-bond acceptors (Lipinski definition) is 6. The number of rotatable bonds is 11. The van der Waals surface area contributed by atoms with Crippen molar-refractivity contribution in [3.05, 3.63) is 53.1 Å². The second kappa shape index (κ2) is 11.2. The number of nitrogens with one attached hydrogen (secondary N) is 2. The third-order valence-corrected chi connectivity index (χ3v) is 7.26. The first-order chi connectivity index (χ1) is 18.7. The fourth-order valence-corrected chi connectivity index (χ4v) is 5.08. The zero-order valence-corrected chi connectivity index (χ0v) is 22.8. The van der Waals surface area contributed by atoms with E-state index in [-0.39, 0.29) is 42.4 Å². The molecular formula is C26H30F4N4O5S. The lowest BCUT2D eigenvalue weighted by atomic mass is 9.79. The summed E-state index contributed by atoms with van der Waals surface area (Å²) in [5.41, 5.74) is -1.18. The van der Waals surface area contributed by atoms with Crippen LogP contribution in [-0.2, 0) is 25.2 Å². The minimum Gasteiger partial charge on any atom is -0.493 e. The highest BCUT2D eigenvalue weighted by molar-refractivity contribution is 7.89. The zero-order valence-electron chi connectivity index (χ0n) is 22.0. The lowest BCUT2D eigenvalue weighted by Gasteiger charge is -2.37. The molecule has 0 radical (unpaired) electrons. The fourth-order valence-electron chi connectivity index (χ4n) is 4.65. The Hall–Kier alpha value is -3.42. The van der Waals surface area contributed by atoms with E-state index in [0.717, 1.165) is 25.2 Å². The Morgan fingerprint density at radius 3 is 2.58 bits per heavy atom. The van der Waals surface area contributed by atoms with E-state index in [2.05, 4.69) is 10.4 Å². The first kappa shape index (κ1) is 29.6. The van der Waals surface area contributed by atoms with E-state index < -0.39 is 51.4 Å². The van der Waals surface area contributed by atoms with Crippen molar-refractivity contribution < 1.29 is 40.3 Å². The average molecular weight is 587 g/mol. The smallest absolute Gasteiger partial charge is 0.389 e. The lowest BCUT2D eigenvalue weighted by molar-refractivity contribution is -0.135. The molecule has 2 aromatic rings. The molecule has 1 atom stereocenters. The predicted molar refractivity (Wildman–Crippen MR) is 137 cm³/mol. The van der Waals surface area contributed by atoms with E-state index in [1.165, 1.54) is 12.1 Å². The molecule has 2 heterocycles. The van der Waals surface area contributed by atoms with Gasteiger partial charge in [0.1, 0.15) is 17.1 Å². The molecule has 0 spiro atoms. The van der Waals surface area contributed by atoms with Gasteiger partial charge in [0.2, 0.25) is 10.0 Å². The summed E-state index contributed by atoms with van der Waals surface area (Å²) < 4.78 is 84.6. The number of hydrogen-bond donors (Lipinski definition) is 2. The maximum Gasteiger partial charge on any atom is 0.389 e. The van der Waals surface area contributed by atoms with Gasteiger partial charge in [-0.25, -0.2) is 17.5 Å². The third-order valence-electron chi connectivity index (χ3n) is 6.70. The molecule has 1 fully saturated rings. The van der Waals surface area contributed by atoms with Crippen molar-refractivity contribution in [2.45, 2.75) is 69.6 Å². The normalized spacial score (nSPS) is 19.9. The van der Waals surface area contributed by atoms with Crippen molar-refractivity contribution in [3.63, 3.8) is 0 Å². The van der Waals surface area contributed by atoms with Gasteiger partial charge in [0.15, 0.2) is 0 Å². The Kier molecular flexibility index (Phi) is 8.29. The van der Waals surface area contributed by atoms with Gasteiger partial charge in [0.25, 0.3) is 11.8 Å². The number of carbonyl (C=O) groups is 2. The topological polar surface area (TPSA) is 119 Å². The minimum absolute atomic E-state index is 0.0167. The van der Waals surface area contributed by atoms with Gasteiger partial charge in [0, 0.05) is 36.2 Å². The number of halogens is 4. The molecule has 0 saturated heterocycles. The zero-order chi connectivity index (χ0) is 29.3. The van der Waals surface area contributed by atoms with Gasteiger partial charge in [-0.1, -0.05) is 6.07 Å². The molecular weight excluding hydrogens is 556 g/mol. The summed E-state index contributed by atoms with van der Waals surface area (Å²) in [5, 5.41) is 7.14. The number of ether oxygens (including phenoxy) is 1. The number of nitrogens with zero attached hydrogens (tertiary/aromatic N) is 2. The van der Waals surface area contributed by atoms with E-state index in [4.69, 9.17) is 4.74 Å². The molecule has 2 amide bonds. The average Bonchev–Trinajstić information content (AvgIpc) is 3.55. The van der Waals surface area contributed by atoms with Crippen molar-refractivity contribution >= 4 is 27.4 Å². The van der Waals surface area contributed by atoms with E-state index in [1.807, 2.05) is 4.72 Å². The van der Waals surface area contributed by atoms with E-state index in [9.17, 15) is 31.2 Å². The number of amides is 2. The molecule has 2 aliphatic rings. The van der Waals surface area contributed by atoms with Gasteiger partial charge in [-0.2, -0.15) is 18.3 Å². The lowest BCUT2D eigenvalue weighted by Crippen LogP contribution is -2.51. The molecule has 1 saturated carbocycles. The maximum atomic E-state index is 15.3. The largest absolute Gasteiger partial charge is 0.493 e. The second-order valence-corrected chi connectivity index (χ2v) is 12.1. The van der Waals surface area contributed by atoms with Gasteiger partial charge in [-0.05, 0) is 51.2 Å². The summed E-state index contributed by atoms with van der Waals surface area (Å²) in [6, 6.07) is 5.88. The first-order valence-electron chi connectivity index (χ1n) is 12.8. The molecule has 1 aromatic carbocycles. The third kappa shape index (κ3) is 7.40. The maximum absolute atomic E-state index is 15.3. The van der Waals surface area contributed by atoms with Crippen LogP contribution in [0, 0.1) is 5.82 Å². The predicted octanol–water partition coefficient (Wildman–Crippen LogP) is 4.12. The minimum atomic E-state index is -4.20. The molecule has 4 rings (SSSR count). The van der Waals surface area contributed by atoms with Gasteiger partial charge in [0.05, 0.1) is 30.1 Å². The fraction of sp³-hybridized carbons (Fsp3) is 0.500. The monoisotopic (exact) mass is 586 g/mol. The molecule has 1 aromatic heterocycles. The molecule has 218 valence electrons. The van der Waals surface area contributed by atoms with Crippen LogP contribution in [-0.4, -0.2) is 49.1 Å². The number of alkyl halides is 3. The Morgan fingerprint density at radius 2 is 1.95 bits per heavy atom. The van der Waals surface area contributed by atoms with Crippen molar-refractivity contribution in [3.8, 4) is 5.75 Å². The number of benzene rings is 1. The van der Waals surface area contributed by atoms with Crippen LogP contribution in [0.2, 0.25) is 0 Å². The first-order valence-corrected chi connectivity index (χ1v) is 14.7. The highest BCUT2D eigenvalue weighted by atomic mass is 32.2. The Morgan fingerprint density at radius 1 is 1.23 bits per heavy atom. The van der Waals surface area contributed by atoms with Gasteiger partial charge >= 0.3 is 6.18 Å². The van der Waals surface area contributed by atoms with Crippen LogP contribution in [0.5, 0.6) is 5.75 Å². The van der Waals surface area contributed by atoms with E-state index in [0.29, 0.717) is 18.5 Å². The molecule has 40 heavy (non-hydrogen) atoms. The van der Waals surface area contributed by atoms with Crippen LogP contribution in [0.15, 0.2) is 36.0 Å². The van der Waals surface area contributed by atoms with Crippen molar-refractivity contribution in [1.29, 1.82) is 0 Å². The molecule has 1 aliphatic carbocycles. The van der Waals surface area contributed by atoms with Gasteiger partial charge < -0.3 is 10.1 Å². The number of aromatic nitrogens is 2. The summed E-state index contributed by atoms with van der Waals surface area (Å²) in [7, 11) is -3.98. The molecule has 2 N–H and O–H groups in total. The van der Waals surface area contributed by atoms with Crippen molar-refractivity contribution in [1.82, 2.24) is 19.8 Å². The quantitative estimate of drug-likeness (QED) is 0.232. The van der Waals surface area contributed by atoms with Crippen LogP contribution in [0.1, 0.15) is 69.2 Å². The number of unbranched alkanes of at least 4 members (excludes halogenated alkanes) is 2. The van der Waals surface area contributed by atoms with E-state index in [1.54, 1.807) is 23.9 Å². The van der Waals surface area contributed by atoms with E-state index >= 15 is 4.39 Å². The Balaban J connectivity index is 1.55. The summed E-state index contributed by atoms with van der Waals surface area (Å²) in [6.45, 7) is 1.69. The molecule has 9 nitrogen and oxygen atoms in total. The summed E-state index contributed by atoms with van der Waals surface area (Å²) in [6.07, 6.45) is -0.0890. The SMILES string of the molecule is CC1(c2ccc(OCCCCCC(F)(F)F)cc2F)CC(c2ccn(C3CC3)n2)=C(C(=O)NS(C)(=O)=O)C(=O)N1. The summed E-state index contributed by atoms with van der Waals surface area (Å²) in [4.78, 5) is 26.1. The summed E-state index contributed by atoms with van der Waals surface area (Å²) in [5.74, 6) is -2.53. The van der Waals surface area contributed by atoms with Crippen LogP contribution < -0.4 is 14.8 Å². The molecule has 0 bridgehead atoms.